The van der Waals surface area contributed by atoms with Gasteiger partial charge in [-0.15, -0.1) is 0 Å². The Labute approximate surface area is 118 Å². The van der Waals surface area contributed by atoms with Crippen molar-refractivity contribution >= 4 is 5.91 Å². The Morgan fingerprint density at radius 2 is 2.40 bits per heavy atom. The third-order valence-electron chi connectivity index (χ3n) is 3.92. The van der Waals surface area contributed by atoms with Crippen LogP contribution in [0, 0.1) is 6.92 Å². The van der Waals surface area contributed by atoms with Crippen LogP contribution in [0.4, 0.5) is 0 Å². The summed E-state index contributed by atoms with van der Waals surface area (Å²) in [6.45, 7) is 2.69. The van der Waals surface area contributed by atoms with Crippen molar-refractivity contribution in [3.05, 3.63) is 41.9 Å². The summed E-state index contributed by atoms with van der Waals surface area (Å²) in [7, 11) is 0. The summed E-state index contributed by atoms with van der Waals surface area (Å²) in [5, 5.41) is 2.89. The number of carbonyl (C=O) groups is 1. The van der Waals surface area contributed by atoms with Crippen molar-refractivity contribution in [2.75, 3.05) is 6.54 Å². The molecule has 0 saturated heterocycles. The molecular weight excluding hydrogens is 254 g/mol. The van der Waals surface area contributed by atoms with Crippen LogP contribution in [0.15, 0.2) is 29.2 Å². The molecule has 5 heteroatoms. The monoisotopic (exact) mass is 273 g/mol. The van der Waals surface area contributed by atoms with Crippen molar-refractivity contribution in [1.82, 2.24) is 14.9 Å². The van der Waals surface area contributed by atoms with Gasteiger partial charge in [-0.25, -0.2) is 4.98 Å². The number of carbonyl (C=O) groups excluding carboxylic acids is 1. The largest absolute Gasteiger partial charge is 0.472 e. The number of furan rings is 1. The number of amides is 1. The fourth-order valence-electron chi connectivity index (χ4n) is 2.61. The Kier molecular flexibility index (Phi) is 3.58. The number of imidazole rings is 1. The fourth-order valence-corrected chi connectivity index (χ4v) is 2.61. The zero-order chi connectivity index (χ0) is 13.9. The van der Waals surface area contributed by atoms with Crippen LogP contribution in [0.25, 0.3) is 0 Å². The lowest BCUT2D eigenvalue weighted by Crippen LogP contribution is -2.27. The number of nitrogens with zero attached hydrogens (tertiary/aromatic N) is 2. The predicted octanol–water partition coefficient (Wildman–Crippen LogP) is 2.48. The lowest BCUT2D eigenvalue weighted by molar-refractivity contribution is 0.0953. The van der Waals surface area contributed by atoms with Gasteiger partial charge in [-0.1, -0.05) is 0 Å². The van der Waals surface area contributed by atoms with E-state index >= 15 is 0 Å². The summed E-state index contributed by atoms with van der Waals surface area (Å²) >= 11 is 0. The van der Waals surface area contributed by atoms with Crippen LogP contribution < -0.4 is 5.32 Å². The number of aryl methyl sites for hydroxylation is 1. The first kappa shape index (κ1) is 13.0. The highest BCUT2D eigenvalue weighted by Gasteiger charge is 2.23. The standard InChI is InChI=1S/C15H19N3O2/c1-11-9-17-14(18(11)13-3-2-4-13)5-7-16-15(19)12-6-8-20-10-12/h6,8-10,13H,2-5,7H2,1H3,(H,16,19). The first-order valence-electron chi connectivity index (χ1n) is 7.09. The molecule has 1 amide bonds. The molecule has 0 aliphatic heterocycles. The average Bonchev–Trinajstić information content (AvgIpc) is 3.00. The summed E-state index contributed by atoms with van der Waals surface area (Å²) in [5.41, 5.74) is 1.77. The maximum absolute atomic E-state index is 11.8. The molecule has 3 rings (SSSR count). The van der Waals surface area contributed by atoms with E-state index in [4.69, 9.17) is 4.42 Å². The predicted molar refractivity (Wildman–Crippen MR) is 74.6 cm³/mol. The van der Waals surface area contributed by atoms with Gasteiger partial charge < -0.3 is 14.3 Å². The van der Waals surface area contributed by atoms with Crippen LogP contribution in [0.2, 0.25) is 0 Å². The molecule has 1 N–H and O–H groups in total. The maximum atomic E-state index is 11.8. The molecule has 1 saturated carbocycles. The third-order valence-corrected chi connectivity index (χ3v) is 3.92. The first-order chi connectivity index (χ1) is 9.75. The van der Waals surface area contributed by atoms with E-state index < -0.39 is 0 Å². The molecule has 20 heavy (non-hydrogen) atoms. The SMILES string of the molecule is Cc1cnc(CCNC(=O)c2ccoc2)n1C1CCC1. The molecule has 2 aromatic heterocycles. The van der Waals surface area contributed by atoms with Gasteiger partial charge in [-0.3, -0.25) is 4.79 Å². The second-order valence-electron chi connectivity index (χ2n) is 5.29. The third kappa shape index (κ3) is 2.48. The molecule has 0 aromatic carbocycles. The van der Waals surface area contributed by atoms with Gasteiger partial charge in [-0.05, 0) is 32.3 Å². The van der Waals surface area contributed by atoms with Gasteiger partial charge in [0.15, 0.2) is 0 Å². The molecule has 1 aliphatic carbocycles. The number of hydrogen-bond donors (Lipinski definition) is 1. The minimum atomic E-state index is -0.0998. The smallest absolute Gasteiger partial charge is 0.254 e. The van der Waals surface area contributed by atoms with Gasteiger partial charge in [0, 0.05) is 30.9 Å². The van der Waals surface area contributed by atoms with E-state index in [1.807, 2.05) is 6.20 Å². The Morgan fingerprint density at radius 1 is 1.55 bits per heavy atom. The normalized spacial score (nSPS) is 15.1. The van der Waals surface area contributed by atoms with Crippen molar-refractivity contribution in [3.8, 4) is 0 Å². The fraction of sp³-hybridized carbons (Fsp3) is 0.467. The topological polar surface area (TPSA) is 60.1 Å². The number of nitrogens with one attached hydrogen (secondary N) is 1. The van der Waals surface area contributed by atoms with Crippen molar-refractivity contribution in [3.63, 3.8) is 0 Å². The molecule has 2 heterocycles. The number of aromatic nitrogens is 2. The van der Waals surface area contributed by atoms with E-state index in [2.05, 4.69) is 21.8 Å². The van der Waals surface area contributed by atoms with Gasteiger partial charge in [0.1, 0.15) is 12.1 Å². The van der Waals surface area contributed by atoms with E-state index in [-0.39, 0.29) is 5.91 Å². The van der Waals surface area contributed by atoms with Crippen LogP contribution in [-0.4, -0.2) is 22.0 Å². The second kappa shape index (κ2) is 5.53. The van der Waals surface area contributed by atoms with E-state index in [0.29, 0.717) is 18.2 Å². The van der Waals surface area contributed by atoms with Crippen LogP contribution in [0.1, 0.15) is 47.2 Å². The quantitative estimate of drug-likeness (QED) is 0.910. The molecular formula is C15H19N3O2. The molecule has 1 fully saturated rings. The molecule has 0 bridgehead atoms. The highest BCUT2D eigenvalue weighted by molar-refractivity contribution is 5.93. The molecule has 5 nitrogen and oxygen atoms in total. The summed E-state index contributed by atoms with van der Waals surface area (Å²) in [4.78, 5) is 16.3. The zero-order valence-electron chi connectivity index (χ0n) is 11.6. The Balaban J connectivity index is 1.57. The number of rotatable bonds is 5. The van der Waals surface area contributed by atoms with E-state index in [1.54, 1.807) is 6.07 Å². The van der Waals surface area contributed by atoms with Crippen molar-refractivity contribution in [1.29, 1.82) is 0 Å². The van der Waals surface area contributed by atoms with Crippen molar-refractivity contribution in [2.24, 2.45) is 0 Å². The van der Waals surface area contributed by atoms with E-state index in [0.717, 1.165) is 12.2 Å². The second-order valence-corrected chi connectivity index (χ2v) is 5.29. The van der Waals surface area contributed by atoms with Gasteiger partial charge >= 0.3 is 0 Å². The summed E-state index contributed by atoms with van der Waals surface area (Å²) in [6, 6.07) is 2.27. The minimum absolute atomic E-state index is 0.0998. The van der Waals surface area contributed by atoms with Crippen molar-refractivity contribution < 1.29 is 9.21 Å². The lowest BCUT2D eigenvalue weighted by Gasteiger charge is -2.29. The summed E-state index contributed by atoms with van der Waals surface area (Å²) in [5.74, 6) is 0.969. The molecule has 0 unspecified atom stereocenters. The van der Waals surface area contributed by atoms with Crippen LogP contribution in [-0.2, 0) is 6.42 Å². The van der Waals surface area contributed by atoms with Gasteiger partial charge in [0.05, 0.1) is 11.8 Å². The first-order valence-corrected chi connectivity index (χ1v) is 7.09. The Hall–Kier alpha value is -2.04. The molecule has 106 valence electrons. The average molecular weight is 273 g/mol. The molecule has 0 spiro atoms. The Bertz CT molecular complexity index is 582. The molecule has 0 radical (unpaired) electrons. The Morgan fingerprint density at radius 3 is 3.05 bits per heavy atom. The van der Waals surface area contributed by atoms with E-state index in [1.165, 1.54) is 37.5 Å². The van der Waals surface area contributed by atoms with E-state index in [9.17, 15) is 4.79 Å². The summed E-state index contributed by atoms with van der Waals surface area (Å²) < 4.78 is 7.23. The molecule has 1 aliphatic rings. The van der Waals surface area contributed by atoms with Crippen molar-refractivity contribution in [2.45, 2.75) is 38.6 Å². The molecule has 2 aromatic rings. The number of hydrogen-bond acceptors (Lipinski definition) is 3. The highest BCUT2D eigenvalue weighted by Crippen LogP contribution is 2.33. The zero-order valence-corrected chi connectivity index (χ0v) is 11.6. The van der Waals surface area contributed by atoms with Gasteiger partial charge in [-0.2, -0.15) is 0 Å². The maximum Gasteiger partial charge on any atom is 0.254 e. The molecule has 0 atom stereocenters. The van der Waals surface area contributed by atoms with Crippen LogP contribution in [0.3, 0.4) is 0 Å². The van der Waals surface area contributed by atoms with Gasteiger partial charge in [0.25, 0.3) is 5.91 Å². The lowest BCUT2D eigenvalue weighted by atomic mass is 9.92. The van der Waals surface area contributed by atoms with Crippen LogP contribution in [0.5, 0.6) is 0 Å². The van der Waals surface area contributed by atoms with Crippen LogP contribution >= 0.6 is 0 Å². The summed E-state index contributed by atoms with van der Waals surface area (Å²) in [6.07, 6.45) is 9.42. The highest BCUT2D eigenvalue weighted by atomic mass is 16.3. The van der Waals surface area contributed by atoms with Gasteiger partial charge in [0.2, 0.25) is 0 Å². The minimum Gasteiger partial charge on any atom is -0.472 e.